The Balaban J connectivity index is 1.91. The number of nitrogens with zero attached hydrogens (tertiary/aromatic N) is 2. The maximum Gasteiger partial charge on any atom is 0.235 e. The van der Waals surface area contributed by atoms with Gasteiger partial charge in [0.2, 0.25) is 11.8 Å². The molecule has 0 saturated carbocycles. The molecule has 3 heterocycles. The second-order valence-electron chi connectivity index (χ2n) is 8.16. The van der Waals surface area contributed by atoms with E-state index in [1.807, 2.05) is 62.1 Å². The van der Waals surface area contributed by atoms with Crippen LogP contribution in [0, 0.1) is 17.3 Å². The highest BCUT2D eigenvalue weighted by atomic mass is 16.2. The van der Waals surface area contributed by atoms with E-state index >= 15 is 0 Å². The zero-order valence-electron chi connectivity index (χ0n) is 14.9. The number of rotatable bonds is 1. The summed E-state index contributed by atoms with van der Waals surface area (Å²) in [6.07, 6.45) is 3.97. The first-order chi connectivity index (χ1) is 11.7. The molecule has 0 bridgehead atoms. The number of benzene rings is 1. The molecule has 0 N–H and O–H groups in total. The first kappa shape index (κ1) is 16.1. The van der Waals surface area contributed by atoms with Crippen LogP contribution in [0.2, 0.25) is 0 Å². The van der Waals surface area contributed by atoms with Crippen LogP contribution in [-0.2, 0) is 14.4 Å². The highest BCUT2D eigenvalue weighted by molar-refractivity contribution is 6.11. The molecule has 4 atom stereocenters. The van der Waals surface area contributed by atoms with Crippen molar-refractivity contribution in [3.8, 4) is 0 Å². The average Bonchev–Trinajstić information content (AvgIpc) is 3.03. The molecule has 3 aliphatic rings. The Bertz CT molecular complexity index is 820. The van der Waals surface area contributed by atoms with Crippen LogP contribution in [0.15, 0.2) is 30.3 Å². The van der Waals surface area contributed by atoms with Gasteiger partial charge in [-0.25, -0.2) is 0 Å². The lowest BCUT2D eigenvalue weighted by Gasteiger charge is -2.38. The fourth-order valence-corrected chi connectivity index (χ4v) is 4.41. The first-order valence-corrected chi connectivity index (χ1v) is 8.65. The molecule has 5 heteroatoms. The van der Waals surface area contributed by atoms with Crippen LogP contribution < -0.4 is 4.90 Å². The van der Waals surface area contributed by atoms with Crippen molar-refractivity contribution < 1.29 is 14.4 Å². The molecule has 0 radical (unpaired) electrons. The molecule has 2 fully saturated rings. The van der Waals surface area contributed by atoms with Crippen molar-refractivity contribution in [2.45, 2.75) is 32.9 Å². The van der Waals surface area contributed by atoms with Gasteiger partial charge in [-0.15, -0.1) is 0 Å². The zero-order valence-corrected chi connectivity index (χ0v) is 14.9. The third kappa shape index (κ3) is 2.04. The standard InChI is InChI=1S/C20H22N2O3/c1-20(2,3)17(23)16-15-14(18(24)21(4)19(15)25)13-10-9-11-7-5-6-8-12(11)22(13)16/h5-10,13-16H,1-4H3/t13-,14-,15-,16-/m0/s1. The van der Waals surface area contributed by atoms with Crippen LogP contribution in [0.5, 0.6) is 0 Å². The normalized spacial score (nSPS) is 30.4. The number of anilines is 1. The topological polar surface area (TPSA) is 57.7 Å². The first-order valence-electron chi connectivity index (χ1n) is 8.65. The molecule has 5 nitrogen and oxygen atoms in total. The molecule has 130 valence electrons. The van der Waals surface area contributed by atoms with Crippen LogP contribution >= 0.6 is 0 Å². The summed E-state index contributed by atoms with van der Waals surface area (Å²) in [5.41, 5.74) is 1.35. The summed E-state index contributed by atoms with van der Waals surface area (Å²) in [6.45, 7) is 5.61. The largest absolute Gasteiger partial charge is 0.353 e. The quantitative estimate of drug-likeness (QED) is 0.736. The number of ketones is 1. The van der Waals surface area contributed by atoms with Crippen molar-refractivity contribution in [1.82, 2.24) is 4.90 Å². The Hall–Kier alpha value is -2.43. The minimum Gasteiger partial charge on any atom is -0.353 e. The maximum atomic E-state index is 13.3. The Morgan fingerprint density at radius 2 is 1.68 bits per heavy atom. The zero-order chi connectivity index (χ0) is 18.1. The highest BCUT2D eigenvalue weighted by Gasteiger charge is 2.63. The summed E-state index contributed by atoms with van der Waals surface area (Å²) in [5, 5.41) is 0. The van der Waals surface area contributed by atoms with E-state index in [0.717, 1.165) is 11.3 Å². The molecule has 2 amide bonds. The molecule has 0 unspecified atom stereocenters. The molecule has 0 aliphatic carbocycles. The van der Waals surface area contributed by atoms with Gasteiger partial charge in [0.05, 0.1) is 17.9 Å². The van der Waals surface area contributed by atoms with Gasteiger partial charge < -0.3 is 4.90 Å². The lowest BCUT2D eigenvalue weighted by Crippen LogP contribution is -2.51. The number of fused-ring (bicyclic) bond motifs is 5. The van der Waals surface area contributed by atoms with E-state index in [9.17, 15) is 14.4 Å². The summed E-state index contributed by atoms with van der Waals surface area (Å²) in [7, 11) is 1.52. The van der Waals surface area contributed by atoms with Crippen molar-refractivity contribution in [3.63, 3.8) is 0 Å². The number of carbonyl (C=O) groups is 3. The predicted molar refractivity (Wildman–Crippen MR) is 94.8 cm³/mol. The second kappa shape index (κ2) is 5.04. The van der Waals surface area contributed by atoms with E-state index in [1.165, 1.54) is 11.9 Å². The van der Waals surface area contributed by atoms with Crippen molar-refractivity contribution in [3.05, 3.63) is 35.9 Å². The van der Waals surface area contributed by atoms with E-state index in [1.54, 1.807) is 0 Å². The Morgan fingerprint density at radius 3 is 2.36 bits per heavy atom. The van der Waals surface area contributed by atoms with Crippen LogP contribution in [0.1, 0.15) is 26.3 Å². The van der Waals surface area contributed by atoms with Crippen molar-refractivity contribution in [1.29, 1.82) is 0 Å². The Morgan fingerprint density at radius 1 is 1.04 bits per heavy atom. The van der Waals surface area contributed by atoms with Gasteiger partial charge in [0.15, 0.2) is 5.78 Å². The number of amides is 2. The Kier molecular flexibility index (Phi) is 3.24. The van der Waals surface area contributed by atoms with Crippen LogP contribution in [0.3, 0.4) is 0 Å². The number of Topliss-reactive ketones (excluding diaryl/α,β-unsaturated/α-hetero) is 1. The Labute approximate surface area is 147 Å². The average molecular weight is 338 g/mol. The molecule has 2 saturated heterocycles. The number of likely N-dealkylation sites (tertiary alicyclic amines) is 1. The second-order valence-corrected chi connectivity index (χ2v) is 8.16. The number of carbonyl (C=O) groups excluding carboxylic acids is 3. The third-order valence-corrected chi connectivity index (χ3v) is 5.64. The lowest BCUT2D eigenvalue weighted by atomic mass is 9.79. The number of imide groups is 1. The van der Waals surface area contributed by atoms with Gasteiger partial charge in [0.1, 0.15) is 6.04 Å². The molecule has 1 aromatic carbocycles. The predicted octanol–water partition coefficient (Wildman–Crippen LogP) is 2.12. The molecular weight excluding hydrogens is 316 g/mol. The summed E-state index contributed by atoms with van der Waals surface area (Å²) in [4.78, 5) is 42.0. The van der Waals surface area contributed by atoms with Gasteiger partial charge >= 0.3 is 0 Å². The number of para-hydroxylation sites is 1. The molecule has 0 aromatic heterocycles. The molecule has 1 aromatic rings. The monoisotopic (exact) mass is 338 g/mol. The van der Waals surface area contributed by atoms with Crippen LogP contribution in [0.25, 0.3) is 6.08 Å². The molecule has 4 rings (SSSR count). The van der Waals surface area contributed by atoms with Gasteiger partial charge in [0.25, 0.3) is 0 Å². The van der Waals surface area contributed by atoms with Gasteiger partial charge in [-0.1, -0.05) is 51.1 Å². The summed E-state index contributed by atoms with van der Waals surface area (Å²) in [5.74, 6) is -1.51. The number of hydrogen-bond acceptors (Lipinski definition) is 4. The minimum atomic E-state index is -0.609. The lowest BCUT2D eigenvalue weighted by molar-refractivity contribution is -0.140. The summed E-state index contributed by atoms with van der Waals surface area (Å²) in [6, 6.07) is 6.97. The smallest absolute Gasteiger partial charge is 0.235 e. The summed E-state index contributed by atoms with van der Waals surface area (Å²) >= 11 is 0. The van der Waals surface area contributed by atoms with Crippen LogP contribution in [-0.4, -0.2) is 41.6 Å². The third-order valence-electron chi connectivity index (χ3n) is 5.64. The fraction of sp³-hybridized carbons (Fsp3) is 0.450. The number of hydrogen-bond donors (Lipinski definition) is 0. The van der Waals surface area contributed by atoms with Crippen molar-refractivity contribution >= 4 is 29.4 Å². The van der Waals surface area contributed by atoms with E-state index in [-0.39, 0.29) is 23.6 Å². The van der Waals surface area contributed by atoms with E-state index < -0.39 is 23.3 Å². The summed E-state index contributed by atoms with van der Waals surface area (Å²) < 4.78 is 0. The van der Waals surface area contributed by atoms with E-state index in [4.69, 9.17) is 0 Å². The van der Waals surface area contributed by atoms with Crippen molar-refractivity contribution in [2.24, 2.45) is 17.3 Å². The van der Waals surface area contributed by atoms with Gasteiger partial charge in [-0.05, 0) is 11.6 Å². The molecule has 25 heavy (non-hydrogen) atoms. The van der Waals surface area contributed by atoms with Crippen molar-refractivity contribution in [2.75, 3.05) is 11.9 Å². The van der Waals surface area contributed by atoms with E-state index in [2.05, 4.69) is 0 Å². The van der Waals surface area contributed by atoms with Crippen LogP contribution in [0.4, 0.5) is 5.69 Å². The maximum absolute atomic E-state index is 13.3. The SMILES string of the molecule is CN1C(=O)[C@@H]2[C@H](C1=O)[C@@H](C(=O)C(C)(C)C)N1c3ccccc3C=C[C@@H]21. The van der Waals surface area contributed by atoms with E-state index in [0.29, 0.717) is 0 Å². The van der Waals surface area contributed by atoms with Gasteiger partial charge in [-0.3, -0.25) is 19.3 Å². The molecular formula is C20H22N2O3. The fourth-order valence-electron chi connectivity index (χ4n) is 4.41. The van der Waals surface area contributed by atoms with Gasteiger partial charge in [-0.2, -0.15) is 0 Å². The minimum absolute atomic E-state index is 0.00607. The highest BCUT2D eigenvalue weighted by Crippen LogP contribution is 2.49. The molecule has 0 spiro atoms. The van der Waals surface area contributed by atoms with Gasteiger partial charge in [0, 0.05) is 18.2 Å². The molecule has 3 aliphatic heterocycles.